The van der Waals surface area contributed by atoms with Crippen molar-refractivity contribution < 1.29 is 9.90 Å². The predicted molar refractivity (Wildman–Crippen MR) is 92.3 cm³/mol. The Kier molecular flexibility index (Phi) is 3.31. The smallest absolute Gasteiger partial charge is 0.231 e. The fourth-order valence-corrected chi connectivity index (χ4v) is 3.20. The quantitative estimate of drug-likeness (QED) is 0.780. The maximum atomic E-state index is 12.7. The first-order valence-corrected chi connectivity index (χ1v) is 7.83. The number of fused-ring (bicyclic) bond motifs is 1. The highest BCUT2D eigenvalue weighted by Crippen LogP contribution is 2.33. The summed E-state index contributed by atoms with van der Waals surface area (Å²) >= 11 is 0. The molecule has 4 heteroatoms. The molecule has 3 aromatic rings. The van der Waals surface area contributed by atoms with Crippen LogP contribution in [0.3, 0.4) is 0 Å². The lowest BCUT2D eigenvalue weighted by Gasteiger charge is -2.18. The number of benzene rings is 2. The lowest BCUT2D eigenvalue weighted by molar-refractivity contribution is 0.0975. The lowest BCUT2D eigenvalue weighted by atomic mass is 9.89. The van der Waals surface area contributed by atoms with Crippen LogP contribution in [0, 0.1) is 6.92 Å². The van der Waals surface area contributed by atoms with Gasteiger partial charge in [0.15, 0.2) is 5.76 Å². The van der Waals surface area contributed by atoms with Gasteiger partial charge in [-0.15, -0.1) is 0 Å². The van der Waals surface area contributed by atoms with Gasteiger partial charge in [0, 0.05) is 12.0 Å². The molecule has 2 aromatic carbocycles. The molecule has 1 heterocycles. The van der Waals surface area contributed by atoms with E-state index in [0.29, 0.717) is 23.3 Å². The van der Waals surface area contributed by atoms with Gasteiger partial charge in [0.25, 0.3) is 0 Å². The maximum absolute atomic E-state index is 12.7. The van der Waals surface area contributed by atoms with E-state index in [0.717, 1.165) is 16.9 Å². The Labute approximate surface area is 139 Å². The van der Waals surface area contributed by atoms with E-state index in [-0.39, 0.29) is 11.5 Å². The third-order valence-electron chi connectivity index (χ3n) is 4.35. The number of carbonyl (C=O) groups is 1. The van der Waals surface area contributed by atoms with Gasteiger partial charge in [-0.2, -0.15) is 5.10 Å². The highest BCUT2D eigenvalue weighted by Gasteiger charge is 2.32. The third kappa shape index (κ3) is 2.15. The van der Waals surface area contributed by atoms with Crippen molar-refractivity contribution in [1.82, 2.24) is 9.78 Å². The molecule has 0 unspecified atom stereocenters. The molecule has 0 aliphatic heterocycles. The molecule has 1 aromatic heterocycles. The van der Waals surface area contributed by atoms with Crippen molar-refractivity contribution in [2.24, 2.45) is 0 Å². The van der Waals surface area contributed by atoms with Crippen molar-refractivity contribution in [3.63, 3.8) is 0 Å². The van der Waals surface area contributed by atoms with Gasteiger partial charge < -0.3 is 5.11 Å². The van der Waals surface area contributed by atoms with Crippen molar-refractivity contribution in [3.8, 4) is 5.69 Å². The maximum Gasteiger partial charge on any atom is 0.231 e. The SMILES string of the molecule is Cc1nn(-c2ccccc2)c2c1C(=O)C(O)=C(c1ccccc1)C2. The van der Waals surface area contributed by atoms with Crippen LogP contribution in [-0.2, 0) is 6.42 Å². The number of aliphatic hydroxyl groups excluding tert-OH is 1. The lowest BCUT2D eigenvalue weighted by Crippen LogP contribution is -2.17. The molecule has 0 saturated carbocycles. The average Bonchev–Trinajstić information content (AvgIpc) is 2.96. The summed E-state index contributed by atoms with van der Waals surface area (Å²) < 4.78 is 1.80. The Morgan fingerprint density at radius 2 is 1.62 bits per heavy atom. The first-order valence-electron chi connectivity index (χ1n) is 7.83. The first-order chi connectivity index (χ1) is 11.7. The Hall–Kier alpha value is -3.14. The number of ketones is 1. The highest BCUT2D eigenvalue weighted by molar-refractivity contribution is 6.15. The van der Waals surface area contributed by atoms with E-state index in [9.17, 15) is 9.90 Å². The van der Waals surface area contributed by atoms with Crippen molar-refractivity contribution in [1.29, 1.82) is 0 Å². The second-order valence-corrected chi connectivity index (χ2v) is 5.85. The molecule has 0 bridgehead atoms. The summed E-state index contributed by atoms with van der Waals surface area (Å²) in [7, 11) is 0. The molecule has 0 radical (unpaired) electrons. The van der Waals surface area contributed by atoms with Gasteiger partial charge in [-0.05, 0) is 24.6 Å². The number of nitrogens with zero attached hydrogens (tertiary/aromatic N) is 2. The Bertz CT molecular complexity index is 954. The number of rotatable bonds is 2. The monoisotopic (exact) mass is 316 g/mol. The number of aliphatic hydroxyl groups is 1. The fraction of sp³-hybridized carbons (Fsp3) is 0.100. The fourth-order valence-electron chi connectivity index (χ4n) is 3.20. The van der Waals surface area contributed by atoms with Crippen LogP contribution in [0.2, 0.25) is 0 Å². The zero-order chi connectivity index (χ0) is 16.7. The molecule has 118 valence electrons. The van der Waals surface area contributed by atoms with Crippen molar-refractivity contribution >= 4 is 11.4 Å². The van der Waals surface area contributed by atoms with Crippen LogP contribution in [0.25, 0.3) is 11.3 Å². The number of aromatic nitrogens is 2. The molecule has 0 fully saturated rings. The molecule has 4 nitrogen and oxygen atoms in total. The molecule has 1 aliphatic rings. The van der Waals surface area contributed by atoms with Crippen molar-refractivity contribution in [3.05, 3.63) is 88.9 Å². The van der Waals surface area contributed by atoms with E-state index in [4.69, 9.17) is 0 Å². The van der Waals surface area contributed by atoms with Gasteiger partial charge >= 0.3 is 0 Å². The summed E-state index contributed by atoms with van der Waals surface area (Å²) in [4.78, 5) is 12.7. The largest absolute Gasteiger partial charge is 0.504 e. The zero-order valence-electron chi connectivity index (χ0n) is 13.2. The Morgan fingerprint density at radius 1 is 1.00 bits per heavy atom. The Balaban J connectivity index is 1.89. The number of aryl methyl sites for hydroxylation is 1. The van der Waals surface area contributed by atoms with E-state index < -0.39 is 0 Å². The van der Waals surface area contributed by atoms with Crippen LogP contribution in [0.5, 0.6) is 0 Å². The molecular formula is C20H16N2O2. The van der Waals surface area contributed by atoms with Crippen LogP contribution in [0.4, 0.5) is 0 Å². The standard InChI is InChI=1S/C20H16N2O2/c1-13-18-17(22(21-13)15-10-6-3-7-11-15)12-16(19(23)20(18)24)14-8-4-2-5-9-14/h2-11,23H,12H2,1H3. The third-order valence-corrected chi connectivity index (χ3v) is 4.35. The van der Waals surface area contributed by atoms with Crippen LogP contribution < -0.4 is 0 Å². The molecule has 0 atom stereocenters. The molecule has 1 N–H and O–H groups in total. The normalized spacial score (nSPS) is 14.0. The average molecular weight is 316 g/mol. The minimum atomic E-state index is -0.352. The van der Waals surface area contributed by atoms with Gasteiger partial charge in [-0.1, -0.05) is 48.5 Å². The number of hydrogen-bond donors (Lipinski definition) is 1. The number of carbonyl (C=O) groups excluding carboxylic acids is 1. The summed E-state index contributed by atoms with van der Waals surface area (Å²) in [5.41, 5.74) is 4.37. The van der Waals surface area contributed by atoms with Crippen LogP contribution in [-0.4, -0.2) is 20.7 Å². The molecular weight excluding hydrogens is 300 g/mol. The molecule has 4 rings (SSSR count). The van der Waals surface area contributed by atoms with Gasteiger partial charge in [-0.3, -0.25) is 4.79 Å². The van der Waals surface area contributed by atoms with Crippen LogP contribution >= 0.6 is 0 Å². The molecule has 24 heavy (non-hydrogen) atoms. The summed E-state index contributed by atoms with van der Waals surface area (Å²) in [5, 5.41) is 15.0. The van der Waals surface area contributed by atoms with Crippen molar-refractivity contribution in [2.45, 2.75) is 13.3 Å². The van der Waals surface area contributed by atoms with Crippen molar-refractivity contribution in [2.75, 3.05) is 0 Å². The van der Waals surface area contributed by atoms with Crippen LogP contribution in [0.15, 0.2) is 66.4 Å². The van der Waals surface area contributed by atoms with Gasteiger partial charge in [-0.25, -0.2) is 4.68 Å². The van der Waals surface area contributed by atoms with E-state index in [1.807, 2.05) is 60.7 Å². The first kappa shape index (κ1) is 14.5. The molecule has 0 spiro atoms. The zero-order valence-corrected chi connectivity index (χ0v) is 13.2. The van der Waals surface area contributed by atoms with E-state index >= 15 is 0 Å². The number of para-hydroxylation sites is 1. The van der Waals surface area contributed by atoms with Gasteiger partial charge in [0.05, 0.1) is 22.6 Å². The second kappa shape index (κ2) is 5.49. The van der Waals surface area contributed by atoms with Crippen LogP contribution in [0.1, 0.15) is 27.3 Å². The van der Waals surface area contributed by atoms with E-state index in [2.05, 4.69) is 5.10 Å². The summed E-state index contributed by atoms with van der Waals surface area (Å²) in [6, 6.07) is 19.2. The summed E-state index contributed by atoms with van der Waals surface area (Å²) in [6.07, 6.45) is 0.465. The van der Waals surface area contributed by atoms with E-state index in [1.54, 1.807) is 11.6 Å². The highest BCUT2D eigenvalue weighted by atomic mass is 16.3. The minimum Gasteiger partial charge on any atom is -0.504 e. The number of hydrogen-bond acceptors (Lipinski definition) is 3. The topological polar surface area (TPSA) is 55.1 Å². The van der Waals surface area contributed by atoms with Gasteiger partial charge in [0.1, 0.15) is 0 Å². The summed E-state index contributed by atoms with van der Waals surface area (Å²) in [5.74, 6) is -0.529. The molecule has 0 amide bonds. The number of Topliss-reactive ketones (excluding diaryl/α,β-unsaturated/α-hetero) is 1. The second-order valence-electron chi connectivity index (χ2n) is 5.85. The minimum absolute atomic E-state index is 0.176. The molecule has 0 saturated heterocycles. The molecule has 1 aliphatic carbocycles. The summed E-state index contributed by atoms with van der Waals surface area (Å²) in [6.45, 7) is 1.80. The number of allylic oxidation sites excluding steroid dienone is 2. The van der Waals surface area contributed by atoms with Gasteiger partial charge in [0.2, 0.25) is 5.78 Å². The Morgan fingerprint density at radius 3 is 2.29 bits per heavy atom. The predicted octanol–water partition coefficient (Wildman–Crippen LogP) is 3.89. The van der Waals surface area contributed by atoms with E-state index in [1.165, 1.54) is 0 Å².